The van der Waals surface area contributed by atoms with Crippen molar-refractivity contribution in [1.29, 1.82) is 0 Å². The van der Waals surface area contributed by atoms with Gasteiger partial charge >= 0.3 is 0 Å². The van der Waals surface area contributed by atoms with Gasteiger partial charge < -0.3 is 10.6 Å². The van der Waals surface area contributed by atoms with Crippen molar-refractivity contribution in [2.75, 3.05) is 18.4 Å². The van der Waals surface area contributed by atoms with Crippen molar-refractivity contribution >= 4 is 11.6 Å². The first kappa shape index (κ1) is 13.5. The first-order chi connectivity index (χ1) is 10.8. The number of hydrogen-bond acceptors (Lipinski definition) is 4. The zero-order chi connectivity index (χ0) is 15.0. The Morgan fingerprint density at radius 3 is 2.91 bits per heavy atom. The third kappa shape index (κ3) is 2.39. The van der Waals surface area contributed by atoms with Crippen molar-refractivity contribution in [1.82, 2.24) is 19.9 Å². The monoisotopic (exact) mass is 297 g/mol. The van der Waals surface area contributed by atoms with E-state index >= 15 is 0 Å². The van der Waals surface area contributed by atoms with Crippen molar-refractivity contribution in [3.05, 3.63) is 37.1 Å². The molecule has 22 heavy (non-hydrogen) atoms. The van der Waals surface area contributed by atoms with E-state index < -0.39 is 0 Å². The molecule has 1 aliphatic heterocycles. The van der Waals surface area contributed by atoms with Crippen molar-refractivity contribution in [3.63, 3.8) is 0 Å². The number of amides is 1. The molecule has 1 saturated carbocycles. The molecule has 2 aromatic rings. The minimum atomic E-state index is 0.138. The van der Waals surface area contributed by atoms with Crippen LogP contribution < -0.4 is 10.6 Å². The largest absolute Gasteiger partial charge is 0.324 e. The summed E-state index contributed by atoms with van der Waals surface area (Å²) in [4.78, 5) is 20.7. The molecule has 2 N–H and O–H groups in total. The Labute approximate surface area is 129 Å². The second kappa shape index (κ2) is 5.21. The number of carbonyl (C=O) groups is 1. The summed E-state index contributed by atoms with van der Waals surface area (Å²) in [5.74, 6) is 1.10. The lowest BCUT2D eigenvalue weighted by Crippen LogP contribution is -2.31. The van der Waals surface area contributed by atoms with Crippen LogP contribution in [0.1, 0.15) is 19.3 Å². The zero-order valence-electron chi connectivity index (χ0n) is 12.3. The van der Waals surface area contributed by atoms with E-state index in [-0.39, 0.29) is 17.2 Å². The summed E-state index contributed by atoms with van der Waals surface area (Å²) in [5, 5.41) is 6.36. The third-order valence-corrected chi connectivity index (χ3v) is 4.89. The Kier molecular flexibility index (Phi) is 3.18. The van der Waals surface area contributed by atoms with Gasteiger partial charge in [0.25, 0.3) is 0 Å². The molecule has 2 aliphatic rings. The summed E-state index contributed by atoms with van der Waals surface area (Å²) >= 11 is 0. The van der Waals surface area contributed by atoms with E-state index in [1.807, 2.05) is 22.9 Å². The number of rotatable bonds is 3. The fraction of sp³-hybridized carbons (Fsp3) is 0.438. The van der Waals surface area contributed by atoms with Crippen molar-refractivity contribution in [2.24, 2.45) is 11.3 Å². The maximum Gasteiger partial charge on any atom is 0.228 e. The Bertz CT molecular complexity index is 658. The van der Waals surface area contributed by atoms with Crippen LogP contribution >= 0.6 is 0 Å². The number of carbonyl (C=O) groups excluding carboxylic acids is 1. The quantitative estimate of drug-likeness (QED) is 0.902. The fourth-order valence-electron chi connectivity index (χ4n) is 3.43. The highest BCUT2D eigenvalue weighted by molar-refractivity contribution is 5.95. The molecule has 1 spiro atoms. The van der Waals surface area contributed by atoms with Crippen LogP contribution in [0.25, 0.3) is 5.82 Å². The predicted octanol–water partition coefficient (Wildman–Crippen LogP) is 1.60. The van der Waals surface area contributed by atoms with Crippen LogP contribution in [-0.2, 0) is 4.79 Å². The van der Waals surface area contributed by atoms with Crippen molar-refractivity contribution < 1.29 is 4.79 Å². The van der Waals surface area contributed by atoms with E-state index in [4.69, 9.17) is 0 Å². The lowest BCUT2D eigenvalue weighted by molar-refractivity contribution is -0.118. The predicted molar refractivity (Wildman–Crippen MR) is 82.6 cm³/mol. The normalized spacial score (nSPS) is 22.5. The number of aromatic nitrogens is 3. The van der Waals surface area contributed by atoms with Gasteiger partial charge in [-0.3, -0.25) is 9.36 Å². The molecule has 114 valence electrons. The van der Waals surface area contributed by atoms with Crippen LogP contribution in [0.4, 0.5) is 5.69 Å². The maximum absolute atomic E-state index is 12.4. The Balaban J connectivity index is 1.40. The van der Waals surface area contributed by atoms with Gasteiger partial charge in [-0.1, -0.05) is 0 Å². The first-order valence-corrected chi connectivity index (χ1v) is 7.73. The average Bonchev–Trinajstić information content (AvgIpc) is 3.00. The van der Waals surface area contributed by atoms with Gasteiger partial charge in [-0.2, -0.15) is 0 Å². The SMILES string of the molecule is O=C(Nc1ccc(-n2ccnc2)nc1)C1CC12CCNCC2. The van der Waals surface area contributed by atoms with Crippen LogP contribution in [0, 0.1) is 11.3 Å². The number of hydrogen-bond donors (Lipinski definition) is 2. The van der Waals surface area contributed by atoms with Gasteiger partial charge in [-0.05, 0) is 49.9 Å². The number of nitrogens with zero attached hydrogens (tertiary/aromatic N) is 3. The number of anilines is 1. The summed E-state index contributed by atoms with van der Waals surface area (Å²) < 4.78 is 1.83. The fourth-order valence-corrected chi connectivity index (χ4v) is 3.43. The minimum absolute atomic E-state index is 0.138. The molecule has 2 fully saturated rings. The highest BCUT2D eigenvalue weighted by Crippen LogP contribution is 2.58. The average molecular weight is 297 g/mol. The smallest absolute Gasteiger partial charge is 0.228 e. The number of piperidine rings is 1. The molecule has 3 heterocycles. The van der Waals surface area contributed by atoms with Crippen LogP contribution in [0.5, 0.6) is 0 Å². The van der Waals surface area contributed by atoms with Gasteiger partial charge in [0.2, 0.25) is 5.91 Å². The number of pyridine rings is 1. The molecule has 4 rings (SSSR count). The maximum atomic E-state index is 12.4. The van der Waals surface area contributed by atoms with Gasteiger partial charge in [0.05, 0.1) is 11.9 Å². The number of imidazole rings is 1. The van der Waals surface area contributed by atoms with Gasteiger partial charge in [-0.25, -0.2) is 9.97 Å². The topological polar surface area (TPSA) is 71.8 Å². The Morgan fingerprint density at radius 2 is 2.23 bits per heavy atom. The molecule has 0 aromatic carbocycles. The van der Waals surface area contributed by atoms with Crippen LogP contribution in [0.3, 0.4) is 0 Å². The van der Waals surface area contributed by atoms with Gasteiger partial charge in [-0.15, -0.1) is 0 Å². The van der Waals surface area contributed by atoms with Crippen molar-refractivity contribution in [3.8, 4) is 5.82 Å². The van der Waals surface area contributed by atoms with Crippen LogP contribution in [0.15, 0.2) is 37.1 Å². The molecule has 0 radical (unpaired) electrons. The summed E-state index contributed by atoms with van der Waals surface area (Å²) in [6.07, 6.45) is 10.2. The molecular formula is C16H19N5O. The standard InChI is InChI=1S/C16H19N5O/c22-15(13-9-16(13)3-5-17-6-4-16)20-12-1-2-14(19-10-12)21-8-7-18-11-21/h1-2,7-8,10-11,13,17H,3-6,9H2,(H,20,22). The highest BCUT2D eigenvalue weighted by Gasteiger charge is 2.57. The Hall–Kier alpha value is -2.21. The minimum Gasteiger partial charge on any atom is -0.324 e. The zero-order valence-corrected chi connectivity index (χ0v) is 12.3. The lowest BCUT2D eigenvalue weighted by Gasteiger charge is -2.23. The molecule has 1 aliphatic carbocycles. The van der Waals surface area contributed by atoms with E-state index in [1.54, 1.807) is 18.7 Å². The summed E-state index contributed by atoms with van der Waals surface area (Å²) in [7, 11) is 0. The van der Waals surface area contributed by atoms with Gasteiger partial charge in [0.1, 0.15) is 12.1 Å². The molecule has 1 unspecified atom stereocenters. The summed E-state index contributed by atoms with van der Waals surface area (Å²) in [5.41, 5.74) is 1.02. The molecular weight excluding hydrogens is 278 g/mol. The third-order valence-electron chi connectivity index (χ3n) is 4.89. The molecule has 1 saturated heterocycles. The first-order valence-electron chi connectivity index (χ1n) is 7.73. The molecule has 1 atom stereocenters. The second-order valence-electron chi connectivity index (χ2n) is 6.23. The molecule has 0 bridgehead atoms. The van der Waals surface area contributed by atoms with E-state index in [0.717, 1.165) is 43.9 Å². The number of nitrogens with one attached hydrogen (secondary N) is 2. The lowest BCUT2D eigenvalue weighted by atomic mass is 9.92. The Morgan fingerprint density at radius 1 is 1.36 bits per heavy atom. The van der Waals surface area contributed by atoms with E-state index in [2.05, 4.69) is 20.6 Å². The summed E-state index contributed by atoms with van der Waals surface area (Å²) in [6, 6.07) is 3.77. The van der Waals surface area contributed by atoms with E-state index in [1.165, 1.54) is 0 Å². The van der Waals surface area contributed by atoms with Gasteiger partial charge in [0, 0.05) is 18.3 Å². The van der Waals surface area contributed by atoms with E-state index in [9.17, 15) is 4.79 Å². The van der Waals surface area contributed by atoms with Crippen LogP contribution in [0.2, 0.25) is 0 Å². The molecule has 2 aromatic heterocycles. The molecule has 1 amide bonds. The summed E-state index contributed by atoms with van der Waals surface area (Å²) in [6.45, 7) is 2.07. The molecule has 6 heteroatoms. The van der Waals surface area contributed by atoms with Crippen LogP contribution in [-0.4, -0.2) is 33.5 Å². The van der Waals surface area contributed by atoms with Crippen molar-refractivity contribution in [2.45, 2.75) is 19.3 Å². The van der Waals surface area contributed by atoms with Gasteiger partial charge in [0.15, 0.2) is 0 Å². The molecule has 6 nitrogen and oxygen atoms in total. The highest BCUT2D eigenvalue weighted by atomic mass is 16.2. The second-order valence-corrected chi connectivity index (χ2v) is 6.23. The van der Waals surface area contributed by atoms with E-state index in [0.29, 0.717) is 0 Å².